The summed E-state index contributed by atoms with van der Waals surface area (Å²) in [6.45, 7) is 5.91. The molecule has 6 aliphatic heterocycles. The third kappa shape index (κ3) is 6.52. The van der Waals surface area contributed by atoms with Crippen LogP contribution in [0.4, 0.5) is 0 Å². The fraction of sp³-hybridized carbons (Fsp3) is 0.864. The zero-order chi connectivity index (χ0) is 24.8. The van der Waals surface area contributed by atoms with Crippen molar-refractivity contribution in [2.24, 2.45) is 5.92 Å². The minimum absolute atomic E-state index is 0.161. The molecule has 0 aromatic heterocycles. The first-order valence-electron chi connectivity index (χ1n) is 11.8. The predicted octanol–water partition coefficient (Wildman–Crippen LogP) is -2.64. The van der Waals surface area contributed by atoms with Crippen LogP contribution in [0.25, 0.3) is 0 Å². The first-order chi connectivity index (χ1) is 16.2. The summed E-state index contributed by atoms with van der Waals surface area (Å²) in [5, 5.41) is 58.2. The molecule has 0 radical (unpaired) electrons. The highest BCUT2D eigenvalue weighted by atomic mass is 16.7. The van der Waals surface area contributed by atoms with E-state index in [1.54, 1.807) is 6.92 Å². The summed E-state index contributed by atoms with van der Waals surface area (Å²) in [5.41, 5.74) is 0.394. The number of aliphatic hydroxyl groups excluding tert-OH is 5. The third-order valence-electron chi connectivity index (χ3n) is 6.50. The average molecular weight is 491 g/mol. The van der Waals surface area contributed by atoms with Crippen LogP contribution in [0.5, 0.6) is 0 Å². The summed E-state index contributed by atoms with van der Waals surface area (Å²) in [4.78, 5) is 11.6. The molecular formula is C22H38N2O10. The van der Waals surface area contributed by atoms with Crippen LogP contribution in [0.2, 0.25) is 0 Å². The van der Waals surface area contributed by atoms with Gasteiger partial charge in [-0.25, -0.2) is 0 Å². The summed E-state index contributed by atoms with van der Waals surface area (Å²) in [6.07, 6.45) is -8.92. The van der Waals surface area contributed by atoms with Crippen LogP contribution in [0.3, 0.4) is 0 Å². The molecule has 10 atom stereocenters. The van der Waals surface area contributed by atoms with E-state index in [0.29, 0.717) is 37.9 Å². The van der Waals surface area contributed by atoms with Gasteiger partial charge in [0, 0.05) is 37.7 Å². The van der Waals surface area contributed by atoms with Crippen molar-refractivity contribution in [3.63, 3.8) is 0 Å². The largest absolute Gasteiger partial charge is 0.394 e. The first kappa shape index (κ1) is 27.4. The number of nitrogens with one attached hydrogen (secondary N) is 2. The van der Waals surface area contributed by atoms with E-state index in [9.17, 15) is 30.3 Å². The molecule has 196 valence electrons. The smallest absolute Gasteiger partial charge is 0.246 e. The minimum atomic E-state index is -1.44. The zero-order valence-corrected chi connectivity index (χ0v) is 19.4. The van der Waals surface area contributed by atoms with E-state index >= 15 is 0 Å². The van der Waals surface area contributed by atoms with Crippen LogP contribution < -0.4 is 10.6 Å². The van der Waals surface area contributed by atoms with Crippen LogP contribution >= 0.6 is 0 Å². The van der Waals surface area contributed by atoms with Crippen LogP contribution in [0, 0.1) is 5.92 Å². The lowest BCUT2D eigenvalue weighted by molar-refractivity contribution is -0.354. The van der Waals surface area contributed by atoms with Gasteiger partial charge < -0.3 is 55.1 Å². The molecule has 7 N–H and O–H groups in total. The second-order valence-electron chi connectivity index (χ2n) is 9.10. The highest BCUT2D eigenvalue weighted by Gasteiger charge is 2.50. The normalized spacial score (nSPS) is 41.1. The lowest BCUT2D eigenvalue weighted by atomic mass is 9.85. The average Bonchev–Trinajstić information content (AvgIpc) is 2.81. The quantitative estimate of drug-likeness (QED) is 0.146. The number of hydrogen-bond acceptors (Lipinski definition) is 11. The molecule has 12 nitrogen and oxygen atoms in total. The molecule has 0 aromatic carbocycles. The van der Waals surface area contributed by atoms with Crippen LogP contribution in [0.15, 0.2) is 12.2 Å². The Morgan fingerprint density at radius 1 is 0.941 bits per heavy atom. The van der Waals surface area contributed by atoms with Crippen molar-refractivity contribution >= 4 is 5.91 Å². The summed E-state index contributed by atoms with van der Waals surface area (Å²) in [6, 6.07) is 0. The maximum absolute atomic E-state index is 11.6. The van der Waals surface area contributed by atoms with Crippen LogP contribution in [0.1, 0.15) is 26.2 Å². The molecule has 34 heavy (non-hydrogen) atoms. The molecule has 0 aromatic rings. The van der Waals surface area contributed by atoms with Crippen molar-refractivity contribution in [3.8, 4) is 0 Å². The Morgan fingerprint density at radius 3 is 2.35 bits per heavy atom. The number of rotatable bonds is 7. The van der Waals surface area contributed by atoms with E-state index < -0.39 is 61.2 Å². The Labute approximate surface area is 198 Å². The Kier molecular flexibility index (Phi) is 10.2. The molecule has 6 saturated heterocycles. The van der Waals surface area contributed by atoms with Gasteiger partial charge in [-0.1, -0.05) is 13.0 Å². The fourth-order valence-electron chi connectivity index (χ4n) is 4.51. The van der Waals surface area contributed by atoms with Gasteiger partial charge in [0.05, 0.1) is 18.8 Å². The van der Waals surface area contributed by atoms with Crippen molar-refractivity contribution in [2.75, 3.05) is 32.8 Å². The number of carbonyl (C=O) groups excluding carboxylic acids is 1. The maximum Gasteiger partial charge on any atom is 0.246 e. The topological polar surface area (TPSA) is 179 Å². The summed E-state index contributed by atoms with van der Waals surface area (Å²) in [7, 11) is 0. The van der Waals surface area contributed by atoms with Gasteiger partial charge in [0.2, 0.25) is 5.91 Å². The Morgan fingerprint density at radius 2 is 1.65 bits per heavy atom. The molecule has 1 amide bonds. The predicted molar refractivity (Wildman–Crippen MR) is 117 cm³/mol. The minimum Gasteiger partial charge on any atom is -0.394 e. The molecule has 12 heteroatoms. The van der Waals surface area contributed by atoms with E-state index in [2.05, 4.69) is 17.2 Å². The molecule has 0 spiro atoms. The molecule has 0 saturated carbocycles. The van der Waals surface area contributed by atoms with Gasteiger partial charge in [0.25, 0.3) is 0 Å². The molecule has 6 rings (SSSR count). The van der Waals surface area contributed by atoms with Gasteiger partial charge >= 0.3 is 0 Å². The number of ether oxygens (including phenoxy) is 4. The van der Waals surface area contributed by atoms with Gasteiger partial charge in [0.1, 0.15) is 30.5 Å². The lowest BCUT2D eigenvalue weighted by Gasteiger charge is -2.47. The van der Waals surface area contributed by atoms with Gasteiger partial charge in [0.15, 0.2) is 12.6 Å². The van der Waals surface area contributed by atoms with Gasteiger partial charge in [-0.05, 0) is 19.8 Å². The fourth-order valence-corrected chi connectivity index (χ4v) is 4.51. The number of carbonyl (C=O) groups is 1. The van der Waals surface area contributed by atoms with Crippen molar-refractivity contribution in [3.05, 3.63) is 12.2 Å². The van der Waals surface area contributed by atoms with Gasteiger partial charge in [-0.2, -0.15) is 0 Å². The molecule has 4 bridgehead atoms. The highest BCUT2D eigenvalue weighted by molar-refractivity contribution is 5.92. The molecule has 6 aliphatic rings. The summed E-state index contributed by atoms with van der Waals surface area (Å²) in [5.74, 6) is -0.747. The van der Waals surface area contributed by atoms with Crippen LogP contribution in [-0.2, 0) is 23.7 Å². The van der Waals surface area contributed by atoms with Crippen molar-refractivity contribution < 1.29 is 49.3 Å². The third-order valence-corrected chi connectivity index (χ3v) is 6.50. The van der Waals surface area contributed by atoms with Gasteiger partial charge in [-0.3, -0.25) is 4.79 Å². The Hall–Kier alpha value is -1.19. The number of aliphatic hydroxyl groups is 5. The Bertz CT molecular complexity index is 680. The van der Waals surface area contributed by atoms with Crippen LogP contribution in [-0.4, -0.2) is 120 Å². The summed E-state index contributed by atoms with van der Waals surface area (Å²) < 4.78 is 23.2. The van der Waals surface area contributed by atoms with Crippen molar-refractivity contribution in [2.45, 2.75) is 81.5 Å². The van der Waals surface area contributed by atoms with Crippen molar-refractivity contribution in [1.82, 2.24) is 10.6 Å². The van der Waals surface area contributed by atoms with E-state index in [1.807, 2.05) is 0 Å². The number of hydrogen-bond donors (Lipinski definition) is 7. The highest BCUT2D eigenvalue weighted by Crippen LogP contribution is 2.34. The lowest BCUT2D eigenvalue weighted by Crippen LogP contribution is -2.64. The zero-order valence-electron chi connectivity index (χ0n) is 19.4. The second kappa shape index (κ2) is 12.7. The molecule has 6 fully saturated rings. The molecule has 1 unspecified atom stereocenters. The second-order valence-corrected chi connectivity index (χ2v) is 9.10. The maximum atomic E-state index is 11.6. The van der Waals surface area contributed by atoms with Crippen molar-refractivity contribution in [1.29, 1.82) is 0 Å². The Balaban J connectivity index is 1.72. The molecule has 6 heterocycles. The van der Waals surface area contributed by atoms with E-state index in [-0.39, 0.29) is 25.7 Å². The van der Waals surface area contributed by atoms with E-state index in [1.165, 1.54) is 0 Å². The SMILES string of the molecule is C=C(C)C(=O)NCCNC[C@H]1O[C@@H]2OCCCCC3[C@@H](CO)O[C@H](O[C@H]1[C@H](O)[C@H]2O)[C@H](O)[C@H]3O. The monoisotopic (exact) mass is 490 g/mol. The first-order valence-corrected chi connectivity index (χ1v) is 11.8. The molecule has 0 aliphatic carbocycles. The van der Waals surface area contributed by atoms with E-state index in [0.717, 1.165) is 0 Å². The number of amides is 1. The van der Waals surface area contributed by atoms with E-state index in [4.69, 9.17) is 18.9 Å². The van der Waals surface area contributed by atoms with Gasteiger partial charge in [-0.15, -0.1) is 0 Å². The summed E-state index contributed by atoms with van der Waals surface area (Å²) >= 11 is 0. The standard InChI is InChI=1S/C22H38N2O10/c1-11(2)20(30)24-7-6-23-9-13-19-16(27)18(29)21(32-13)31-8-4-3-5-12-14(10-25)33-22(34-19)17(28)15(12)26/h12-19,21-23,25-29H,1,3-10H2,2H3,(H,24,30)/t12?,13-,14-,15+,16-,17-,18-,19-,21+,22-/m1/s1. The molecular weight excluding hydrogens is 452 g/mol.